The molecule has 3 saturated heterocycles. The van der Waals surface area contributed by atoms with Crippen LogP contribution in [0.5, 0.6) is 0 Å². The van der Waals surface area contributed by atoms with Crippen molar-refractivity contribution in [1.29, 1.82) is 0 Å². The molecule has 152 valence electrons. The molecule has 3 aliphatic rings. The van der Waals surface area contributed by atoms with E-state index in [9.17, 15) is 18.4 Å². The first-order valence-corrected chi connectivity index (χ1v) is 9.81. The third-order valence-corrected chi connectivity index (χ3v) is 6.13. The Morgan fingerprint density at radius 2 is 2.00 bits per heavy atom. The number of amides is 2. The zero-order chi connectivity index (χ0) is 19.7. The highest BCUT2D eigenvalue weighted by Crippen LogP contribution is 2.39. The van der Waals surface area contributed by atoms with E-state index < -0.39 is 17.7 Å². The second kappa shape index (κ2) is 7.66. The molecule has 0 aliphatic carbocycles. The molecule has 1 unspecified atom stereocenters. The minimum atomic E-state index is -0.817. The molecule has 4 rings (SSSR count). The number of ether oxygens (including phenoxy) is 1. The van der Waals surface area contributed by atoms with E-state index in [0.717, 1.165) is 38.4 Å². The maximum Gasteiger partial charge on any atom is 0.410 e. The second-order valence-electron chi connectivity index (χ2n) is 8.13. The van der Waals surface area contributed by atoms with Crippen molar-refractivity contribution in [2.24, 2.45) is 5.41 Å². The van der Waals surface area contributed by atoms with Crippen LogP contribution in [0, 0.1) is 17.0 Å². The summed E-state index contributed by atoms with van der Waals surface area (Å²) in [5.41, 5.74) is 0.360. The lowest BCUT2D eigenvalue weighted by Gasteiger charge is -2.40. The number of rotatable bonds is 4. The zero-order valence-corrected chi connectivity index (χ0v) is 15.8. The Kier molecular flexibility index (Phi) is 5.23. The number of halogens is 2. The number of piperidine rings is 1. The van der Waals surface area contributed by atoms with E-state index in [-0.39, 0.29) is 17.9 Å². The van der Waals surface area contributed by atoms with E-state index in [1.165, 1.54) is 11.0 Å². The van der Waals surface area contributed by atoms with Gasteiger partial charge in [-0.3, -0.25) is 14.6 Å². The van der Waals surface area contributed by atoms with Crippen LogP contribution in [0.3, 0.4) is 0 Å². The van der Waals surface area contributed by atoms with Gasteiger partial charge in [0.25, 0.3) is 0 Å². The predicted octanol–water partition coefficient (Wildman–Crippen LogP) is 2.23. The van der Waals surface area contributed by atoms with Crippen molar-refractivity contribution >= 4 is 12.0 Å². The zero-order valence-electron chi connectivity index (χ0n) is 15.8. The fraction of sp³-hybridized carbons (Fsp3) is 0.600. The lowest BCUT2D eigenvalue weighted by Crippen LogP contribution is -2.46. The normalized spacial score (nSPS) is 25.6. The van der Waals surface area contributed by atoms with Crippen molar-refractivity contribution in [3.8, 4) is 0 Å². The minimum Gasteiger partial charge on any atom is -0.448 e. The molecule has 1 aromatic carbocycles. The molecular formula is C20H25F2N3O3. The lowest BCUT2D eigenvalue weighted by molar-refractivity contribution is -0.131. The molecule has 0 radical (unpaired) electrons. The number of carbonyl (C=O) groups is 2. The fourth-order valence-corrected chi connectivity index (χ4v) is 4.67. The van der Waals surface area contributed by atoms with Crippen LogP contribution in [0.2, 0.25) is 0 Å². The molecule has 1 spiro atoms. The standard InChI is InChI=1S/C20H25F2N3O3/c21-16-4-1-3-15(18(16)22)11-23-7-2-5-20(13-23)6-8-25(14-20)17(26)12-24-9-10-28-19(24)27/h1,3-4H,2,5-14H2. The van der Waals surface area contributed by atoms with Crippen molar-refractivity contribution in [3.63, 3.8) is 0 Å². The number of benzene rings is 1. The summed E-state index contributed by atoms with van der Waals surface area (Å²) in [6, 6.07) is 4.29. The van der Waals surface area contributed by atoms with E-state index in [4.69, 9.17) is 4.74 Å². The summed E-state index contributed by atoms with van der Waals surface area (Å²) in [4.78, 5) is 29.6. The van der Waals surface area contributed by atoms with Crippen LogP contribution in [0.4, 0.5) is 13.6 Å². The van der Waals surface area contributed by atoms with Gasteiger partial charge in [-0.1, -0.05) is 12.1 Å². The molecule has 3 fully saturated rings. The third kappa shape index (κ3) is 3.83. The van der Waals surface area contributed by atoms with Gasteiger partial charge in [-0.2, -0.15) is 0 Å². The molecule has 2 amide bonds. The number of cyclic esters (lactones) is 1. The molecular weight excluding hydrogens is 368 g/mol. The molecule has 0 N–H and O–H groups in total. The first-order chi connectivity index (χ1) is 13.5. The summed E-state index contributed by atoms with van der Waals surface area (Å²) in [5, 5.41) is 0. The van der Waals surface area contributed by atoms with Gasteiger partial charge in [0.2, 0.25) is 5.91 Å². The van der Waals surface area contributed by atoms with Crippen LogP contribution in [-0.2, 0) is 16.1 Å². The summed E-state index contributed by atoms with van der Waals surface area (Å²) < 4.78 is 32.4. The Hall–Kier alpha value is -2.22. The summed E-state index contributed by atoms with van der Waals surface area (Å²) in [6.45, 7) is 4.15. The largest absolute Gasteiger partial charge is 0.448 e. The van der Waals surface area contributed by atoms with Gasteiger partial charge in [0, 0.05) is 37.2 Å². The molecule has 0 saturated carbocycles. The van der Waals surface area contributed by atoms with E-state index in [1.807, 2.05) is 4.90 Å². The first kappa shape index (κ1) is 19.1. The number of hydrogen-bond acceptors (Lipinski definition) is 4. The van der Waals surface area contributed by atoms with Crippen LogP contribution in [0.25, 0.3) is 0 Å². The van der Waals surface area contributed by atoms with Crippen molar-refractivity contribution in [2.45, 2.75) is 25.8 Å². The summed E-state index contributed by atoms with van der Waals surface area (Å²) >= 11 is 0. The van der Waals surface area contributed by atoms with E-state index in [2.05, 4.69) is 4.90 Å². The topological polar surface area (TPSA) is 53.1 Å². The van der Waals surface area contributed by atoms with E-state index in [1.54, 1.807) is 6.07 Å². The molecule has 3 aliphatic heterocycles. The van der Waals surface area contributed by atoms with Crippen LogP contribution in [0.1, 0.15) is 24.8 Å². The van der Waals surface area contributed by atoms with Gasteiger partial charge in [0.15, 0.2) is 11.6 Å². The second-order valence-corrected chi connectivity index (χ2v) is 8.13. The Morgan fingerprint density at radius 3 is 2.79 bits per heavy atom. The van der Waals surface area contributed by atoms with E-state index in [0.29, 0.717) is 38.3 Å². The van der Waals surface area contributed by atoms with E-state index >= 15 is 0 Å². The number of hydrogen-bond donors (Lipinski definition) is 0. The average Bonchev–Trinajstić information content (AvgIpc) is 3.26. The van der Waals surface area contributed by atoms with Gasteiger partial charge in [-0.05, 0) is 31.9 Å². The van der Waals surface area contributed by atoms with Crippen molar-refractivity contribution in [3.05, 3.63) is 35.4 Å². The molecule has 28 heavy (non-hydrogen) atoms. The number of nitrogens with zero attached hydrogens (tertiary/aromatic N) is 3. The lowest BCUT2D eigenvalue weighted by atomic mass is 9.79. The van der Waals surface area contributed by atoms with Crippen LogP contribution >= 0.6 is 0 Å². The van der Waals surface area contributed by atoms with Crippen molar-refractivity contribution in [2.75, 3.05) is 45.9 Å². The van der Waals surface area contributed by atoms with Crippen molar-refractivity contribution < 1.29 is 23.1 Å². The van der Waals surface area contributed by atoms with Crippen molar-refractivity contribution in [1.82, 2.24) is 14.7 Å². The Morgan fingerprint density at radius 1 is 1.14 bits per heavy atom. The Balaban J connectivity index is 1.36. The molecule has 3 heterocycles. The predicted molar refractivity (Wildman–Crippen MR) is 97.4 cm³/mol. The SMILES string of the molecule is O=C(CN1CCOC1=O)N1CCC2(CCCN(Cc3cccc(F)c3F)C2)C1. The minimum absolute atomic E-state index is 0.0107. The smallest absolute Gasteiger partial charge is 0.410 e. The van der Waals surface area contributed by atoms with Gasteiger partial charge in [-0.15, -0.1) is 0 Å². The van der Waals surface area contributed by atoms with Gasteiger partial charge in [0.05, 0.1) is 6.54 Å². The highest BCUT2D eigenvalue weighted by atomic mass is 19.2. The third-order valence-electron chi connectivity index (χ3n) is 6.13. The maximum absolute atomic E-state index is 14.0. The molecule has 0 aromatic heterocycles. The van der Waals surface area contributed by atoms with Crippen LogP contribution < -0.4 is 0 Å². The molecule has 6 nitrogen and oxygen atoms in total. The first-order valence-electron chi connectivity index (χ1n) is 9.81. The molecule has 8 heteroatoms. The maximum atomic E-state index is 14.0. The summed E-state index contributed by atoms with van der Waals surface area (Å²) in [7, 11) is 0. The quantitative estimate of drug-likeness (QED) is 0.787. The number of likely N-dealkylation sites (tertiary alicyclic amines) is 2. The highest BCUT2D eigenvalue weighted by molar-refractivity contribution is 5.83. The highest BCUT2D eigenvalue weighted by Gasteiger charge is 2.43. The van der Waals surface area contributed by atoms with Crippen LogP contribution in [0.15, 0.2) is 18.2 Å². The summed E-state index contributed by atoms with van der Waals surface area (Å²) in [6.07, 6.45) is 2.45. The Labute approximate surface area is 163 Å². The summed E-state index contributed by atoms with van der Waals surface area (Å²) in [5.74, 6) is -1.64. The number of carbonyl (C=O) groups excluding carboxylic acids is 2. The molecule has 1 aromatic rings. The van der Waals surface area contributed by atoms with Gasteiger partial charge in [0.1, 0.15) is 13.2 Å². The monoisotopic (exact) mass is 393 g/mol. The van der Waals surface area contributed by atoms with Gasteiger partial charge in [-0.25, -0.2) is 13.6 Å². The van der Waals surface area contributed by atoms with Gasteiger partial charge >= 0.3 is 6.09 Å². The molecule has 1 atom stereocenters. The molecule has 0 bridgehead atoms. The average molecular weight is 393 g/mol. The fourth-order valence-electron chi connectivity index (χ4n) is 4.67. The van der Waals surface area contributed by atoms with Crippen LogP contribution in [-0.4, -0.2) is 72.6 Å². The van der Waals surface area contributed by atoms with Gasteiger partial charge < -0.3 is 9.64 Å². The Bertz CT molecular complexity index is 775.